The van der Waals surface area contributed by atoms with Crippen molar-refractivity contribution in [3.05, 3.63) is 12.2 Å². The normalized spacial score (nSPS) is 20.6. The lowest BCUT2D eigenvalue weighted by Crippen LogP contribution is -2.41. The van der Waals surface area contributed by atoms with Crippen molar-refractivity contribution < 1.29 is 27.5 Å². The molecule has 1 unspecified atom stereocenters. The van der Waals surface area contributed by atoms with Crippen molar-refractivity contribution in [3.8, 4) is 0 Å². The van der Waals surface area contributed by atoms with Gasteiger partial charge < -0.3 is 15.4 Å². The molecule has 0 bridgehead atoms. The van der Waals surface area contributed by atoms with E-state index in [1.807, 2.05) is 12.2 Å². The predicted molar refractivity (Wildman–Crippen MR) is 74.0 cm³/mol. The summed E-state index contributed by atoms with van der Waals surface area (Å²) >= 11 is 0. The van der Waals surface area contributed by atoms with Crippen LogP contribution in [0.15, 0.2) is 12.2 Å². The summed E-state index contributed by atoms with van der Waals surface area (Å²) in [5, 5.41) is 4.05. The van der Waals surface area contributed by atoms with Gasteiger partial charge >= 0.3 is 12.1 Å². The molecule has 0 fully saturated rings. The topological polar surface area (TPSA) is 67.4 Å². The number of rotatable bonds is 6. The lowest BCUT2D eigenvalue weighted by molar-refractivity contribution is -0.173. The van der Waals surface area contributed by atoms with Crippen LogP contribution in [0.3, 0.4) is 0 Å². The maximum absolute atomic E-state index is 11.9. The first-order valence-corrected chi connectivity index (χ1v) is 7.29. The highest BCUT2D eigenvalue weighted by Crippen LogP contribution is 2.14. The highest BCUT2D eigenvalue weighted by Gasteiger charge is 2.38. The Hall–Kier alpha value is -1.57. The van der Waals surface area contributed by atoms with Crippen LogP contribution in [0.5, 0.6) is 0 Å². The van der Waals surface area contributed by atoms with Crippen molar-refractivity contribution >= 4 is 11.8 Å². The molecule has 5 nitrogen and oxygen atoms in total. The van der Waals surface area contributed by atoms with Crippen LogP contribution in [0, 0.1) is 0 Å². The van der Waals surface area contributed by atoms with E-state index in [0.29, 0.717) is 0 Å². The van der Waals surface area contributed by atoms with Gasteiger partial charge in [-0.2, -0.15) is 13.2 Å². The van der Waals surface area contributed by atoms with E-state index in [9.17, 15) is 22.8 Å². The molecule has 0 aliphatic heterocycles. The van der Waals surface area contributed by atoms with E-state index in [4.69, 9.17) is 4.74 Å². The molecule has 1 atom stereocenters. The van der Waals surface area contributed by atoms with E-state index in [0.717, 1.165) is 32.1 Å². The Morgan fingerprint density at radius 3 is 2.59 bits per heavy atom. The largest absolute Gasteiger partial charge is 0.471 e. The minimum absolute atomic E-state index is 0.0788. The van der Waals surface area contributed by atoms with Gasteiger partial charge in [-0.05, 0) is 19.3 Å². The molecule has 2 amide bonds. The Morgan fingerprint density at radius 1 is 1.14 bits per heavy atom. The third-order valence-corrected chi connectivity index (χ3v) is 3.13. The number of halogens is 3. The molecule has 22 heavy (non-hydrogen) atoms. The van der Waals surface area contributed by atoms with Gasteiger partial charge in [-0.25, -0.2) is 0 Å². The highest BCUT2D eigenvalue weighted by molar-refractivity contribution is 5.81. The van der Waals surface area contributed by atoms with Crippen molar-refractivity contribution in [3.63, 3.8) is 0 Å². The van der Waals surface area contributed by atoms with E-state index in [1.165, 1.54) is 0 Å². The molecule has 8 heteroatoms. The molecule has 1 aliphatic rings. The second kappa shape index (κ2) is 9.45. The Kier molecular flexibility index (Phi) is 7.94. The van der Waals surface area contributed by atoms with Gasteiger partial charge in [0, 0.05) is 13.1 Å². The van der Waals surface area contributed by atoms with Gasteiger partial charge in [0.1, 0.15) is 6.61 Å². The molecule has 0 aromatic carbocycles. The first-order valence-electron chi connectivity index (χ1n) is 7.29. The molecule has 1 rings (SSSR count). The van der Waals surface area contributed by atoms with Crippen molar-refractivity contribution in [2.45, 2.75) is 44.4 Å². The van der Waals surface area contributed by atoms with Crippen molar-refractivity contribution in [2.24, 2.45) is 0 Å². The Balaban J connectivity index is 2.13. The van der Waals surface area contributed by atoms with Gasteiger partial charge in [-0.15, -0.1) is 0 Å². The fourth-order valence-electron chi connectivity index (χ4n) is 1.98. The van der Waals surface area contributed by atoms with Crippen LogP contribution in [-0.2, 0) is 14.3 Å². The number of hydrogen-bond acceptors (Lipinski definition) is 3. The number of hydrogen-bond donors (Lipinski definition) is 2. The van der Waals surface area contributed by atoms with E-state index in [1.54, 1.807) is 5.32 Å². The van der Waals surface area contributed by atoms with Crippen LogP contribution < -0.4 is 10.6 Å². The summed E-state index contributed by atoms with van der Waals surface area (Å²) in [6, 6.07) is 0. The van der Waals surface area contributed by atoms with Crippen LogP contribution in [0.2, 0.25) is 0 Å². The van der Waals surface area contributed by atoms with E-state index < -0.39 is 18.0 Å². The summed E-state index contributed by atoms with van der Waals surface area (Å²) in [5.74, 6) is -2.44. The smallest absolute Gasteiger partial charge is 0.364 e. The Bertz CT molecular complexity index is 397. The van der Waals surface area contributed by atoms with E-state index in [-0.39, 0.29) is 25.8 Å². The number of alkyl halides is 3. The molecule has 0 saturated carbocycles. The summed E-state index contributed by atoms with van der Waals surface area (Å²) in [6.07, 6.45) is 4.16. The summed E-state index contributed by atoms with van der Waals surface area (Å²) < 4.78 is 41.1. The fraction of sp³-hybridized carbons (Fsp3) is 0.714. The van der Waals surface area contributed by atoms with Gasteiger partial charge in [-0.1, -0.05) is 25.0 Å². The quantitative estimate of drug-likeness (QED) is 0.578. The zero-order valence-corrected chi connectivity index (χ0v) is 12.2. The minimum Gasteiger partial charge on any atom is -0.364 e. The van der Waals surface area contributed by atoms with Crippen LogP contribution in [0.1, 0.15) is 32.1 Å². The molecular weight excluding hydrogens is 301 g/mol. The lowest BCUT2D eigenvalue weighted by Gasteiger charge is -2.16. The summed E-state index contributed by atoms with van der Waals surface area (Å²) in [7, 11) is 0. The molecule has 1 aliphatic carbocycles. The van der Waals surface area contributed by atoms with Crippen molar-refractivity contribution in [1.82, 2.24) is 10.6 Å². The van der Waals surface area contributed by atoms with Crippen molar-refractivity contribution in [2.75, 3.05) is 19.7 Å². The predicted octanol–water partition coefficient (Wildman–Crippen LogP) is 1.69. The average Bonchev–Trinajstić information content (AvgIpc) is 2.41. The van der Waals surface area contributed by atoms with Crippen LogP contribution >= 0.6 is 0 Å². The van der Waals surface area contributed by atoms with Crippen molar-refractivity contribution in [1.29, 1.82) is 0 Å². The number of carbonyl (C=O) groups is 2. The molecule has 0 aromatic rings. The number of carbonyl (C=O) groups excluding carboxylic acids is 2. The number of amides is 2. The average molecular weight is 322 g/mol. The number of allylic oxidation sites excluding steroid dienone is 1. The van der Waals surface area contributed by atoms with Gasteiger partial charge in [-0.3, -0.25) is 9.59 Å². The minimum atomic E-state index is -4.91. The molecule has 0 heterocycles. The fourth-order valence-corrected chi connectivity index (χ4v) is 1.98. The maximum Gasteiger partial charge on any atom is 0.471 e. The number of ether oxygens (including phenoxy) is 1. The summed E-state index contributed by atoms with van der Waals surface area (Å²) in [6.45, 7) is -0.514. The molecular formula is C14H21F3N2O3. The zero-order valence-electron chi connectivity index (χ0n) is 12.2. The van der Waals surface area contributed by atoms with Crippen LogP contribution in [0.4, 0.5) is 13.2 Å². The van der Waals surface area contributed by atoms with Crippen LogP contribution in [0.25, 0.3) is 0 Å². The molecule has 126 valence electrons. The Morgan fingerprint density at radius 2 is 1.86 bits per heavy atom. The van der Waals surface area contributed by atoms with E-state index in [2.05, 4.69) is 5.32 Å². The third-order valence-electron chi connectivity index (χ3n) is 3.13. The van der Waals surface area contributed by atoms with Gasteiger partial charge in [0.2, 0.25) is 5.91 Å². The third kappa shape index (κ3) is 8.02. The molecule has 0 radical (unpaired) electrons. The standard InChI is InChI=1S/C14H21F3N2O3/c15-14(16,17)13(21)19-9-8-18-12(20)10-22-11-6-4-2-1-3-5-7-11/h4,6,11H,1-3,5,7-10H2,(H,18,20)(H,19,21)/b6-4-. The first-order chi connectivity index (χ1) is 10.4. The van der Waals surface area contributed by atoms with Crippen LogP contribution in [-0.4, -0.2) is 43.8 Å². The number of nitrogens with one attached hydrogen (secondary N) is 2. The molecule has 0 spiro atoms. The Labute approximate surface area is 127 Å². The summed E-state index contributed by atoms with van der Waals surface area (Å²) in [4.78, 5) is 22.0. The highest BCUT2D eigenvalue weighted by atomic mass is 19.4. The van der Waals surface area contributed by atoms with Gasteiger partial charge in [0.05, 0.1) is 6.10 Å². The maximum atomic E-state index is 11.9. The first kappa shape index (κ1) is 18.5. The summed E-state index contributed by atoms with van der Waals surface area (Å²) in [5.41, 5.74) is 0. The second-order valence-corrected chi connectivity index (χ2v) is 5.02. The molecule has 2 N–H and O–H groups in total. The second-order valence-electron chi connectivity index (χ2n) is 5.02. The monoisotopic (exact) mass is 322 g/mol. The molecule has 0 aromatic heterocycles. The van der Waals surface area contributed by atoms with E-state index >= 15 is 0 Å². The van der Waals surface area contributed by atoms with Gasteiger partial charge in [0.25, 0.3) is 0 Å². The SMILES string of the molecule is O=C(COC1/C=C\CCCCC1)NCCNC(=O)C(F)(F)F. The zero-order chi connectivity index (χ0) is 16.4. The lowest BCUT2D eigenvalue weighted by atomic mass is 10.0. The van der Waals surface area contributed by atoms with Gasteiger partial charge in [0.15, 0.2) is 0 Å². The molecule has 0 saturated heterocycles.